The topological polar surface area (TPSA) is 93.8 Å². The van der Waals surface area contributed by atoms with Crippen LogP contribution in [0.2, 0.25) is 0 Å². The Balaban J connectivity index is 1.88. The third-order valence-corrected chi connectivity index (χ3v) is 5.14. The highest BCUT2D eigenvalue weighted by atomic mass is 32.1. The number of hydrogen-bond donors (Lipinski definition) is 1. The average molecular weight is 419 g/mol. The fraction of sp³-hybridized carbons (Fsp3) is 0.0909. The molecule has 4 rings (SSSR count). The van der Waals surface area contributed by atoms with Crippen LogP contribution >= 0.6 is 11.3 Å². The third-order valence-electron chi connectivity index (χ3n) is 4.46. The molecule has 2 aromatic carbocycles. The number of aliphatic imine (C=N–C) groups is 1. The number of rotatable bonds is 5. The number of pyridine rings is 1. The second-order valence-electron chi connectivity index (χ2n) is 6.26. The van der Waals surface area contributed by atoms with Crippen LogP contribution in [0.25, 0.3) is 16.5 Å². The van der Waals surface area contributed by atoms with E-state index in [1.165, 1.54) is 22.1 Å². The summed E-state index contributed by atoms with van der Waals surface area (Å²) in [6, 6.07) is 13.3. The van der Waals surface area contributed by atoms with Crippen molar-refractivity contribution in [2.24, 2.45) is 4.99 Å². The smallest absolute Gasteiger partial charge is 0.338 e. The number of carbonyl (C=O) groups is 1. The van der Waals surface area contributed by atoms with Crippen LogP contribution in [0.1, 0.15) is 22.8 Å². The molecule has 4 aromatic rings. The Bertz CT molecular complexity index is 1290. The fourth-order valence-corrected chi connectivity index (χ4v) is 3.57. The fourth-order valence-electron chi connectivity index (χ4n) is 3.09. The van der Waals surface area contributed by atoms with Crippen molar-refractivity contribution < 1.29 is 14.6 Å². The molecule has 0 atom stereocenters. The van der Waals surface area contributed by atoms with Gasteiger partial charge >= 0.3 is 5.97 Å². The summed E-state index contributed by atoms with van der Waals surface area (Å²) < 4.78 is 6.18. The van der Waals surface area contributed by atoms with Crippen LogP contribution < -0.4 is 5.56 Å². The van der Waals surface area contributed by atoms with E-state index in [0.717, 1.165) is 0 Å². The largest absolute Gasteiger partial charge is 0.494 e. The van der Waals surface area contributed by atoms with E-state index in [4.69, 9.17) is 4.74 Å². The number of carbonyl (C=O) groups excluding carboxylic acids is 1. The summed E-state index contributed by atoms with van der Waals surface area (Å²) in [5, 5.41) is 14.3. The maximum atomic E-state index is 13.1. The van der Waals surface area contributed by atoms with E-state index in [-0.39, 0.29) is 18.0 Å². The van der Waals surface area contributed by atoms with Crippen molar-refractivity contribution in [3.8, 4) is 11.6 Å². The van der Waals surface area contributed by atoms with Crippen molar-refractivity contribution in [3.05, 3.63) is 81.6 Å². The molecule has 0 radical (unpaired) electrons. The number of aromatic nitrogens is 2. The molecule has 0 fully saturated rings. The molecule has 0 aliphatic heterocycles. The van der Waals surface area contributed by atoms with E-state index in [1.807, 2.05) is 0 Å². The number of benzene rings is 2. The minimum absolute atomic E-state index is 0.247. The Morgan fingerprint density at radius 1 is 1.20 bits per heavy atom. The highest BCUT2D eigenvalue weighted by Crippen LogP contribution is 2.27. The zero-order valence-corrected chi connectivity index (χ0v) is 16.8. The molecule has 7 nitrogen and oxygen atoms in total. The Labute approximate surface area is 175 Å². The first kappa shape index (κ1) is 19.5. The van der Waals surface area contributed by atoms with Crippen molar-refractivity contribution in [2.75, 3.05) is 6.61 Å². The Morgan fingerprint density at radius 3 is 2.60 bits per heavy atom. The van der Waals surface area contributed by atoms with Gasteiger partial charge in [-0.15, -0.1) is 11.3 Å². The van der Waals surface area contributed by atoms with Crippen molar-refractivity contribution in [1.29, 1.82) is 0 Å². The second kappa shape index (κ2) is 8.30. The maximum Gasteiger partial charge on any atom is 0.338 e. The molecular weight excluding hydrogens is 402 g/mol. The summed E-state index contributed by atoms with van der Waals surface area (Å²) >= 11 is 1.36. The Kier molecular flexibility index (Phi) is 5.40. The maximum absolute atomic E-state index is 13.1. The first-order valence-corrected chi connectivity index (χ1v) is 10.1. The summed E-state index contributed by atoms with van der Waals surface area (Å²) in [5.41, 5.74) is 0.799. The number of aromatic hydroxyl groups is 1. The molecule has 2 aromatic heterocycles. The van der Waals surface area contributed by atoms with E-state index in [2.05, 4.69) is 9.98 Å². The lowest BCUT2D eigenvalue weighted by Gasteiger charge is -2.14. The van der Waals surface area contributed by atoms with Crippen LogP contribution in [0.15, 0.2) is 69.9 Å². The second-order valence-corrected chi connectivity index (χ2v) is 7.14. The van der Waals surface area contributed by atoms with Crippen LogP contribution in [0.5, 0.6) is 5.88 Å². The molecule has 0 spiro atoms. The summed E-state index contributed by atoms with van der Waals surface area (Å²) in [5.74, 6) is -0.696. The molecule has 0 saturated heterocycles. The van der Waals surface area contributed by atoms with Gasteiger partial charge < -0.3 is 9.84 Å². The van der Waals surface area contributed by atoms with Crippen LogP contribution in [0.4, 0.5) is 5.13 Å². The number of nitrogens with zero attached hydrogens (tertiary/aromatic N) is 3. The van der Waals surface area contributed by atoms with Crippen LogP contribution in [-0.2, 0) is 4.74 Å². The van der Waals surface area contributed by atoms with Gasteiger partial charge in [0, 0.05) is 28.6 Å². The Morgan fingerprint density at radius 2 is 1.93 bits per heavy atom. The van der Waals surface area contributed by atoms with E-state index >= 15 is 0 Å². The lowest BCUT2D eigenvalue weighted by Crippen LogP contribution is -2.20. The van der Waals surface area contributed by atoms with Gasteiger partial charge in [-0.3, -0.25) is 4.79 Å². The normalized spacial score (nSPS) is 11.2. The first-order valence-electron chi connectivity index (χ1n) is 9.18. The SMILES string of the molecule is CCOC(=O)c1ccc(-n2c(O)c(/C=N/c3nccs3)c3ccccc3c2=O)cc1. The van der Waals surface area contributed by atoms with Gasteiger partial charge in [-0.2, -0.15) is 0 Å². The highest BCUT2D eigenvalue weighted by molar-refractivity contribution is 7.13. The molecule has 1 N–H and O–H groups in total. The molecule has 0 aliphatic carbocycles. The quantitative estimate of drug-likeness (QED) is 0.389. The lowest BCUT2D eigenvalue weighted by atomic mass is 10.1. The number of thiazole rings is 1. The van der Waals surface area contributed by atoms with E-state index < -0.39 is 5.97 Å². The molecule has 30 heavy (non-hydrogen) atoms. The third kappa shape index (κ3) is 3.60. The molecule has 2 heterocycles. The molecule has 8 heteroatoms. The Hall–Kier alpha value is -3.78. The van der Waals surface area contributed by atoms with Gasteiger partial charge in [0.25, 0.3) is 5.56 Å². The van der Waals surface area contributed by atoms with Gasteiger partial charge in [-0.25, -0.2) is 19.3 Å². The molecule has 0 saturated carbocycles. The minimum atomic E-state index is -0.449. The highest BCUT2D eigenvalue weighted by Gasteiger charge is 2.17. The number of fused-ring (bicyclic) bond motifs is 1. The molecule has 0 unspecified atom stereocenters. The molecule has 150 valence electrons. The van der Waals surface area contributed by atoms with E-state index in [0.29, 0.717) is 32.7 Å². The molecule has 0 bridgehead atoms. The lowest BCUT2D eigenvalue weighted by molar-refractivity contribution is 0.0526. The number of ether oxygens (including phenoxy) is 1. The monoisotopic (exact) mass is 419 g/mol. The predicted molar refractivity (Wildman–Crippen MR) is 117 cm³/mol. The van der Waals surface area contributed by atoms with Gasteiger partial charge in [-0.1, -0.05) is 18.2 Å². The zero-order chi connectivity index (χ0) is 21.1. The predicted octanol–water partition coefficient (Wildman–Crippen LogP) is 4.08. The van der Waals surface area contributed by atoms with Gasteiger partial charge in [-0.05, 0) is 37.3 Å². The van der Waals surface area contributed by atoms with Gasteiger partial charge in [0.1, 0.15) is 0 Å². The van der Waals surface area contributed by atoms with Crippen molar-refractivity contribution >= 4 is 39.4 Å². The van der Waals surface area contributed by atoms with Gasteiger partial charge in [0.15, 0.2) is 0 Å². The minimum Gasteiger partial charge on any atom is -0.494 e. The summed E-state index contributed by atoms with van der Waals surface area (Å²) in [6.45, 7) is 2.00. The zero-order valence-electron chi connectivity index (χ0n) is 16.0. The first-order chi connectivity index (χ1) is 14.6. The van der Waals surface area contributed by atoms with E-state index in [9.17, 15) is 14.7 Å². The van der Waals surface area contributed by atoms with Crippen molar-refractivity contribution in [3.63, 3.8) is 0 Å². The summed E-state index contributed by atoms with van der Waals surface area (Å²) in [6.07, 6.45) is 3.14. The van der Waals surface area contributed by atoms with Gasteiger partial charge in [0.2, 0.25) is 11.0 Å². The van der Waals surface area contributed by atoms with Crippen LogP contribution in [0.3, 0.4) is 0 Å². The van der Waals surface area contributed by atoms with Crippen LogP contribution in [-0.4, -0.2) is 33.4 Å². The van der Waals surface area contributed by atoms with Crippen molar-refractivity contribution in [1.82, 2.24) is 9.55 Å². The average Bonchev–Trinajstić information content (AvgIpc) is 3.28. The molecular formula is C22H17N3O4S. The van der Waals surface area contributed by atoms with Crippen LogP contribution in [0, 0.1) is 0 Å². The number of esters is 1. The van der Waals surface area contributed by atoms with Gasteiger partial charge in [0.05, 0.1) is 23.4 Å². The van der Waals surface area contributed by atoms with E-state index in [1.54, 1.807) is 67.0 Å². The number of hydrogen-bond acceptors (Lipinski definition) is 7. The molecule has 0 amide bonds. The summed E-state index contributed by atoms with van der Waals surface area (Å²) in [4.78, 5) is 33.4. The van der Waals surface area contributed by atoms with Crippen molar-refractivity contribution in [2.45, 2.75) is 6.92 Å². The standard InChI is InChI=1S/C22H17N3O4S/c1-2-29-21(28)14-7-9-15(10-8-14)25-19(26)17-6-4-3-5-16(17)18(20(25)27)13-24-22-23-11-12-30-22/h3-13,27H,2H2,1H3/b24-13+. The summed E-state index contributed by atoms with van der Waals surface area (Å²) in [7, 11) is 0. The molecule has 0 aliphatic rings.